The third-order valence-electron chi connectivity index (χ3n) is 7.84. The lowest BCUT2D eigenvalue weighted by Crippen LogP contribution is -2.35. The minimum absolute atomic E-state index is 0.103. The van der Waals surface area contributed by atoms with E-state index in [0.717, 1.165) is 16.7 Å². The van der Waals surface area contributed by atoms with Gasteiger partial charge in [-0.1, -0.05) is 32.0 Å². The molecule has 1 aliphatic heterocycles. The third kappa shape index (κ3) is 4.57. The lowest BCUT2D eigenvalue weighted by molar-refractivity contribution is -0.147. The van der Waals surface area contributed by atoms with Crippen LogP contribution in [0.25, 0.3) is 5.69 Å². The van der Waals surface area contributed by atoms with Crippen molar-refractivity contribution in [3.05, 3.63) is 70.8 Å². The van der Waals surface area contributed by atoms with Crippen LogP contribution in [0.3, 0.4) is 0 Å². The van der Waals surface area contributed by atoms with E-state index < -0.39 is 23.5 Å². The molecule has 38 heavy (non-hydrogen) atoms. The number of hydrogen-bond acceptors (Lipinski definition) is 6. The number of benzene rings is 2. The Morgan fingerprint density at radius 1 is 1.18 bits per heavy atom. The van der Waals surface area contributed by atoms with Gasteiger partial charge in [-0.2, -0.15) is 17.9 Å². The van der Waals surface area contributed by atoms with Crippen molar-refractivity contribution in [3.63, 3.8) is 0 Å². The number of halogens is 4. The van der Waals surface area contributed by atoms with E-state index in [1.54, 1.807) is 24.3 Å². The molecule has 2 heterocycles. The van der Waals surface area contributed by atoms with E-state index in [9.17, 15) is 22.4 Å². The highest BCUT2D eigenvalue weighted by molar-refractivity contribution is 5.74. The Balaban J connectivity index is 1.53. The highest BCUT2D eigenvalue weighted by Crippen LogP contribution is 2.57. The minimum atomic E-state index is -4.71. The molecule has 0 radical (unpaired) electrons. The van der Waals surface area contributed by atoms with Crippen molar-refractivity contribution in [1.29, 1.82) is 0 Å². The van der Waals surface area contributed by atoms with Crippen LogP contribution >= 0.6 is 0 Å². The summed E-state index contributed by atoms with van der Waals surface area (Å²) in [6, 6.07) is 11.2. The molecule has 5 rings (SSSR count). The molecule has 3 aromatic rings. The molecule has 1 aliphatic carbocycles. The number of hydrogen-bond donors (Lipinski definition) is 0. The number of carbonyl (C=O) groups is 1. The number of rotatable bonds is 5. The molecule has 0 amide bonds. The van der Waals surface area contributed by atoms with Gasteiger partial charge < -0.3 is 9.47 Å². The van der Waals surface area contributed by atoms with Gasteiger partial charge in [0.15, 0.2) is 0 Å². The van der Waals surface area contributed by atoms with Gasteiger partial charge in [0, 0.05) is 11.8 Å². The molecular formula is C27H28F4N4O3. The summed E-state index contributed by atoms with van der Waals surface area (Å²) >= 11 is 0. The number of alkyl halides is 3. The monoisotopic (exact) mass is 532 g/mol. The summed E-state index contributed by atoms with van der Waals surface area (Å²) in [5, 5.41) is 9.99. The van der Waals surface area contributed by atoms with Crippen LogP contribution < -0.4 is 0 Å². The first-order chi connectivity index (χ1) is 18.0. The normalized spacial score (nSPS) is 25.4. The van der Waals surface area contributed by atoms with Crippen molar-refractivity contribution < 1.29 is 31.8 Å². The van der Waals surface area contributed by atoms with Gasteiger partial charge in [-0.05, 0) is 76.6 Å². The zero-order valence-electron chi connectivity index (χ0n) is 21.2. The van der Waals surface area contributed by atoms with Crippen LogP contribution in [0.15, 0.2) is 42.5 Å². The van der Waals surface area contributed by atoms with Gasteiger partial charge in [0.2, 0.25) is 0 Å². The summed E-state index contributed by atoms with van der Waals surface area (Å²) in [6.45, 7) is 4.37. The largest absolute Gasteiger partial charge is 0.469 e. The highest BCUT2D eigenvalue weighted by atomic mass is 19.4. The molecule has 202 valence electrons. The molecule has 2 aromatic carbocycles. The van der Waals surface area contributed by atoms with Crippen molar-refractivity contribution in [3.8, 4) is 5.69 Å². The molecule has 1 saturated heterocycles. The molecular weight excluding hydrogens is 504 g/mol. The number of carbonyl (C=O) groups excluding carboxylic acids is 1. The summed E-state index contributed by atoms with van der Waals surface area (Å²) in [7, 11) is 1.35. The van der Waals surface area contributed by atoms with Gasteiger partial charge in [-0.3, -0.25) is 4.79 Å². The first kappa shape index (κ1) is 26.3. The Labute approximate surface area is 217 Å². The van der Waals surface area contributed by atoms with E-state index in [1.165, 1.54) is 19.2 Å². The number of ether oxygens (including phenoxy) is 2. The van der Waals surface area contributed by atoms with Crippen molar-refractivity contribution in [2.45, 2.75) is 62.6 Å². The zero-order valence-corrected chi connectivity index (χ0v) is 21.2. The molecule has 0 unspecified atom stereocenters. The minimum Gasteiger partial charge on any atom is -0.469 e. The number of esters is 1. The van der Waals surface area contributed by atoms with Crippen LogP contribution in [0, 0.1) is 11.7 Å². The molecule has 7 nitrogen and oxygen atoms in total. The Kier molecular flexibility index (Phi) is 6.75. The maximum absolute atomic E-state index is 13.7. The smallest absolute Gasteiger partial charge is 0.453 e. The molecule has 2 aliphatic rings. The number of aromatic nitrogens is 4. The summed E-state index contributed by atoms with van der Waals surface area (Å²) in [5.41, 5.74) is 2.15. The summed E-state index contributed by atoms with van der Waals surface area (Å²) in [6.07, 6.45) is -3.01. The maximum atomic E-state index is 13.7. The third-order valence-corrected chi connectivity index (χ3v) is 7.84. The molecule has 4 atom stereocenters. The van der Waals surface area contributed by atoms with E-state index in [1.807, 2.05) is 19.9 Å². The average molecular weight is 533 g/mol. The van der Waals surface area contributed by atoms with E-state index >= 15 is 0 Å². The van der Waals surface area contributed by atoms with Gasteiger partial charge in [0.05, 0.1) is 30.9 Å². The number of nitrogens with zero attached hydrogens (tertiary/aromatic N) is 4. The summed E-state index contributed by atoms with van der Waals surface area (Å²) in [5.74, 6) is -2.75. The first-order valence-electron chi connectivity index (χ1n) is 12.5. The maximum Gasteiger partial charge on any atom is 0.453 e. The summed E-state index contributed by atoms with van der Waals surface area (Å²) in [4.78, 5) is 12.7. The Hall–Kier alpha value is -3.34. The highest BCUT2D eigenvalue weighted by Gasteiger charge is 2.56. The second kappa shape index (κ2) is 9.76. The lowest BCUT2D eigenvalue weighted by atomic mass is 9.75. The predicted molar refractivity (Wildman–Crippen MR) is 128 cm³/mol. The van der Waals surface area contributed by atoms with Crippen LogP contribution in [0.4, 0.5) is 17.6 Å². The van der Waals surface area contributed by atoms with Crippen molar-refractivity contribution >= 4 is 5.97 Å². The molecule has 1 aromatic heterocycles. The quantitative estimate of drug-likeness (QED) is 0.317. The van der Waals surface area contributed by atoms with Crippen molar-refractivity contribution in [2.24, 2.45) is 5.92 Å². The Morgan fingerprint density at radius 2 is 1.92 bits per heavy atom. The Bertz CT molecular complexity index is 1320. The van der Waals surface area contributed by atoms with E-state index in [0.29, 0.717) is 30.6 Å². The van der Waals surface area contributed by atoms with Crippen LogP contribution in [0.2, 0.25) is 0 Å². The van der Waals surface area contributed by atoms with E-state index in [2.05, 4.69) is 15.5 Å². The number of methoxy groups -OCH3 is 1. The molecule has 11 heteroatoms. The topological polar surface area (TPSA) is 79.1 Å². The molecule has 0 bridgehead atoms. The SMILES string of the molecule is COC(=O)[C@H]1CC[C@@]2(C[C@@H](c3cc(-n4nnnc4C(F)(F)F)ccc3C(C)C)CO2)[C@@H]1c1ccc(F)cc1. The van der Waals surface area contributed by atoms with Gasteiger partial charge in [0.25, 0.3) is 5.82 Å². The molecule has 2 fully saturated rings. The van der Waals surface area contributed by atoms with Crippen LogP contribution in [0.1, 0.15) is 73.4 Å². The zero-order chi connectivity index (χ0) is 27.2. The Morgan fingerprint density at radius 3 is 2.58 bits per heavy atom. The van der Waals surface area contributed by atoms with Crippen LogP contribution in [0.5, 0.6) is 0 Å². The molecule has 0 N–H and O–H groups in total. The van der Waals surface area contributed by atoms with Gasteiger partial charge in [-0.25, -0.2) is 4.39 Å². The standard InChI is InChI=1S/C27H28F4N4O3/c1-15(2)20-9-8-19(35-25(27(29,30)31)32-33-34-35)12-22(20)17-13-26(38-14-17)11-10-21(24(36)37-3)23(26)16-4-6-18(28)7-5-16/h4-9,12,15,17,21,23H,10-11,13-14H2,1-3H3/t17-,21+,23-,26-/m1/s1. The predicted octanol–water partition coefficient (Wildman–Crippen LogP) is 5.55. The van der Waals surface area contributed by atoms with Gasteiger partial charge in [-0.15, -0.1) is 5.10 Å². The van der Waals surface area contributed by atoms with Crippen LogP contribution in [-0.2, 0) is 20.4 Å². The average Bonchev–Trinajstić information content (AvgIpc) is 3.63. The fraction of sp³-hybridized carbons (Fsp3) is 0.481. The second-order valence-electron chi connectivity index (χ2n) is 10.4. The van der Waals surface area contributed by atoms with Gasteiger partial charge in [0.1, 0.15) is 5.82 Å². The lowest BCUT2D eigenvalue weighted by Gasteiger charge is -2.33. The van der Waals surface area contributed by atoms with Crippen molar-refractivity contribution in [2.75, 3.05) is 13.7 Å². The molecule has 1 saturated carbocycles. The fourth-order valence-corrected chi connectivity index (χ4v) is 6.20. The van der Waals surface area contributed by atoms with Crippen LogP contribution in [-0.4, -0.2) is 45.5 Å². The second-order valence-corrected chi connectivity index (χ2v) is 10.4. The summed E-state index contributed by atoms with van der Waals surface area (Å²) < 4.78 is 66.5. The van der Waals surface area contributed by atoms with Gasteiger partial charge >= 0.3 is 12.1 Å². The molecule has 1 spiro atoms. The van der Waals surface area contributed by atoms with Crippen molar-refractivity contribution in [1.82, 2.24) is 20.2 Å². The van der Waals surface area contributed by atoms with E-state index in [-0.39, 0.29) is 35.2 Å². The number of tetrazole rings is 1. The van der Waals surface area contributed by atoms with E-state index in [4.69, 9.17) is 9.47 Å². The first-order valence-corrected chi connectivity index (χ1v) is 12.5. The fourth-order valence-electron chi connectivity index (χ4n) is 6.20.